The second-order valence-corrected chi connectivity index (χ2v) is 7.57. The number of hydrogen-bond donors (Lipinski definition) is 0. The Morgan fingerprint density at radius 1 is 1.52 bits per heavy atom. The molecule has 21 heavy (non-hydrogen) atoms. The first-order valence-electron chi connectivity index (χ1n) is 6.98. The van der Waals surface area contributed by atoms with Gasteiger partial charge in [0.05, 0.1) is 25.2 Å². The molecule has 1 atom stereocenters. The number of nitrogens with zero attached hydrogens (tertiary/aromatic N) is 1. The lowest BCUT2D eigenvalue weighted by Gasteiger charge is -2.25. The Morgan fingerprint density at radius 3 is 2.76 bits per heavy atom. The summed E-state index contributed by atoms with van der Waals surface area (Å²) in [7, 11) is -1.60. The van der Waals surface area contributed by atoms with Crippen molar-refractivity contribution in [1.82, 2.24) is 4.90 Å². The molecular formula is C14H21NO5S. The third-order valence-electron chi connectivity index (χ3n) is 3.83. The molecule has 6 nitrogen and oxygen atoms in total. The van der Waals surface area contributed by atoms with Crippen LogP contribution in [0, 0.1) is 6.92 Å². The van der Waals surface area contributed by atoms with Crippen LogP contribution in [0.5, 0.6) is 0 Å². The smallest absolute Gasteiger partial charge is 0.374 e. The number of carbonyl (C=O) groups is 1. The van der Waals surface area contributed by atoms with E-state index in [1.165, 1.54) is 7.11 Å². The molecule has 1 aromatic heterocycles. The van der Waals surface area contributed by atoms with E-state index in [1.54, 1.807) is 13.0 Å². The van der Waals surface area contributed by atoms with Gasteiger partial charge in [0.15, 0.2) is 9.84 Å². The predicted octanol–water partition coefficient (Wildman–Crippen LogP) is 1.38. The molecule has 118 valence electrons. The molecule has 1 saturated heterocycles. The van der Waals surface area contributed by atoms with Crippen LogP contribution in [0.25, 0.3) is 0 Å². The Morgan fingerprint density at radius 2 is 2.24 bits per heavy atom. The van der Waals surface area contributed by atoms with E-state index in [9.17, 15) is 13.2 Å². The molecule has 0 spiro atoms. The van der Waals surface area contributed by atoms with Crippen LogP contribution in [-0.2, 0) is 21.1 Å². The van der Waals surface area contributed by atoms with E-state index in [2.05, 4.69) is 9.64 Å². The molecule has 0 aliphatic carbocycles. The van der Waals surface area contributed by atoms with Gasteiger partial charge in [-0.25, -0.2) is 13.2 Å². The van der Waals surface area contributed by atoms with Gasteiger partial charge in [0.25, 0.3) is 0 Å². The Labute approximate surface area is 125 Å². The van der Waals surface area contributed by atoms with Gasteiger partial charge < -0.3 is 9.15 Å². The zero-order valence-electron chi connectivity index (χ0n) is 12.6. The van der Waals surface area contributed by atoms with Gasteiger partial charge in [0, 0.05) is 11.6 Å². The number of ether oxygens (including phenoxy) is 1. The first-order chi connectivity index (χ1) is 9.86. The van der Waals surface area contributed by atoms with Gasteiger partial charge in [0.1, 0.15) is 5.76 Å². The lowest BCUT2D eigenvalue weighted by Crippen LogP contribution is -2.35. The molecule has 0 saturated carbocycles. The zero-order valence-corrected chi connectivity index (χ0v) is 13.4. The minimum absolute atomic E-state index is 0.0204. The highest BCUT2D eigenvalue weighted by Gasteiger charge is 2.32. The van der Waals surface area contributed by atoms with Crippen LogP contribution in [0.2, 0.25) is 0 Å². The van der Waals surface area contributed by atoms with Crippen molar-refractivity contribution in [2.75, 3.05) is 25.2 Å². The minimum Gasteiger partial charge on any atom is -0.463 e. The third kappa shape index (κ3) is 3.65. The highest BCUT2D eigenvalue weighted by molar-refractivity contribution is 7.91. The second-order valence-electron chi connectivity index (χ2n) is 5.34. The van der Waals surface area contributed by atoms with E-state index >= 15 is 0 Å². The van der Waals surface area contributed by atoms with Crippen LogP contribution in [0.15, 0.2) is 10.5 Å². The van der Waals surface area contributed by atoms with Crippen LogP contribution in [0.3, 0.4) is 0 Å². The fourth-order valence-electron chi connectivity index (χ4n) is 2.68. The average Bonchev–Trinajstić information content (AvgIpc) is 2.97. The van der Waals surface area contributed by atoms with E-state index in [0.29, 0.717) is 18.7 Å². The van der Waals surface area contributed by atoms with E-state index < -0.39 is 15.8 Å². The molecule has 2 heterocycles. The number of aryl methyl sites for hydroxylation is 1. The highest BCUT2D eigenvalue weighted by atomic mass is 32.2. The summed E-state index contributed by atoms with van der Waals surface area (Å²) < 4.78 is 33.4. The summed E-state index contributed by atoms with van der Waals surface area (Å²) in [6.45, 7) is 5.00. The van der Waals surface area contributed by atoms with Gasteiger partial charge in [-0.05, 0) is 26.0 Å². The van der Waals surface area contributed by atoms with Crippen molar-refractivity contribution in [2.45, 2.75) is 32.9 Å². The molecule has 1 fully saturated rings. The Hall–Kier alpha value is -1.34. The lowest BCUT2D eigenvalue weighted by molar-refractivity contribution is 0.0559. The van der Waals surface area contributed by atoms with Crippen molar-refractivity contribution in [3.63, 3.8) is 0 Å². The SMILES string of the molecule is CCN(Cc1cc(C)c(C(=O)OC)o1)[C@@H]1CCS(=O)(=O)C1. The number of rotatable bonds is 5. The maximum Gasteiger partial charge on any atom is 0.374 e. The molecule has 0 radical (unpaired) electrons. The molecule has 1 aliphatic heterocycles. The molecular weight excluding hydrogens is 294 g/mol. The standard InChI is InChI=1S/C14H21NO5S/c1-4-15(11-5-6-21(17,18)9-11)8-12-7-10(2)13(20-12)14(16)19-3/h7,11H,4-6,8-9H2,1-3H3/t11-/m1/s1. The second kappa shape index (κ2) is 6.19. The fraction of sp³-hybridized carbons (Fsp3) is 0.643. The normalized spacial score (nSPS) is 20.9. The van der Waals surface area contributed by atoms with Crippen LogP contribution in [-0.4, -0.2) is 50.5 Å². The summed E-state index contributed by atoms with van der Waals surface area (Å²) in [5.41, 5.74) is 0.729. The number of sulfone groups is 1. The number of furan rings is 1. The number of esters is 1. The van der Waals surface area contributed by atoms with Crippen LogP contribution in [0.4, 0.5) is 0 Å². The van der Waals surface area contributed by atoms with Gasteiger partial charge in [-0.2, -0.15) is 0 Å². The molecule has 1 aliphatic rings. The Kier molecular flexibility index (Phi) is 4.73. The van der Waals surface area contributed by atoms with Crippen molar-refractivity contribution < 1.29 is 22.4 Å². The summed E-state index contributed by atoms with van der Waals surface area (Å²) in [6, 6.07) is 1.82. The van der Waals surface area contributed by atoms with Gasteiger partial charge in [-0.3, -0.25) is 4.90 Å². The average molecular weight is 315 g/mol. The molecule has 0 bridgehead atoms. The Balaban J connectivity index is 2.11. The van der Waals surface area contributed by atoms with E-state index in [-0.39, 0.29) is 23.3 Å². The Bertz CT molecular complexity index is 619. The minimum atomic E-state index is -2.91. The van der Waals surface area contributed by atoms with Gasteiger partial charge in [0.2, 0.25) is 5.76 Å². The first-order valence-corrected chi connectivity index (χ1v) is 8.80. The summed E-state index contributed by atoms with van der Waals surface area (Å²) in [6.07, 6.45) is 0.653. The van der Waals surface area contributed by atoms with E-state index in [0.717, 1.165) is 12.1 Å². The summed E-state index contributed by atoms with van der Waals surface area (Å²) in [5, 5.41) is 0. The fourth-order valence-corrected chi connectivity index (χ4v) is 4.45. The molecule has 2 rings (SSSR count). The van der Waals surface area contributed by atoms with Crippen molar-refractivity contribution >= 4 is 15.8 Å². The highest BCUT2D eigenvalue weighted by Crippen LogP contribution is 2.22. The summed E-state index contributed by atoms with van der Waals surface area (Å²) in [4.78, 5) is 13.6. The molecule has 0 aromatic carbocycles. The van der Waals surface area contributed by atoms with Crippen LogP contribution >= 0.6 is 0 Å². The number of hydrogen-bond acceptors (Lipinski definition) is 6. The first kappa shape index (κ1) is 16.0. The molecule has 0 N–H and O–H groups in total. The summed E-state index contributed by atoms with van der Waals surface area (Å²) in [5.74, 6) is 0.815. The van der Waals surface area contributed by atoms with E-state index in [4.69, 9.17) is 4.42 Å². The third-order valence-corrected chi connectivity index (χ3v) is 5.58. The van der Waals surface area contributed by atoms with Crippen molar-refractivity contribution in [1.29, 1.82) is 0 Å². The number of carbonyl (C=O) groups excluding carboxylic acids is 1. The number of methoxy groups -OCH3 is 1. The topological polar surface area (TPSA) is 76.8 Å². The van der Waals surface area contributed by atoms with E-state index in [1.807, 2.05) is 6.92 Å². The monoisotopic (exact) mass is 315 g/mol. The summed E-state index contributed by atoms with van der Waals surface area (Å²) >= 11 is 0. The molecule has 0 amide bonds. The van der Waals surface area contributed by atoms with Gasteiger partial charge >= 0.3 is 5.97 Å². The zero-order chi connectivity index (χ0) is 15.6. The van der Waals surface area contributed by atoms with Crippen molar-refractivity contribution in [3.05, 3.63) is 23.2 Å². The predicted molar refractivity (Wildman–Crippen MR) is 77.9 cm³/mol. The maximum atomic E-state index is 11.6. The van der Waals surface area contributed by atoms with Crippen LogP contribution in [0.1, 0.15) is 35.2 Å². The molecule has 0 unspecified atom stereocenters. The molecule has 1 aromatic rings. The van der Waals surface area contributed by atoms with Gasteiger partial charge in [-0.15, -0.1) is 0 Å². The maximum absolute atomic E-state index is 11.6. The van der Waals surface area contributed by atoms with Crippen molar-refractivity contribution in [3.8, 4) is 0 Å². The lowest BCUT2D eigenvalue weighted by atomic mass is 10.2. The van der Waals surface area contributed by atoms with Crippen molar-refractivity contribution in [2.24, 2.45) is 0 Å². The van der Waals surface area contributed by atoms with Crippen LogP contribution < -0.4 is 0 Å². The quantitative estimate of drug-likeness (QED) is 0.764. The largest absolute Gasteiger partial charge is 0.463 e. The van der Waals surface area contributed by atoms with Gasteiger partial charge in [-0.1, -0.05) is 6.92 Å². The molecule has 7 heteroatoms.